The zero-order valence-corrected chi connectivity index (χ0v) is 13.3. The van der Waals surface area contributed by atoms with Crippen molar-refractivity contribution in [2.45, 2.75) is 62.3 Å². The Hall–Kier alpha value is 0.400. The van der Waals surface area contributed by atoms with Crippen LogP contribution in [-0.2, 0) is 0 Å². The Morgan fingerprint density at radius 2 is 2.06 bits per heavy atom. The summed E-state index contributed by atoms with van der Waals surface area (Å²) in [7, 11) is 0. The summed E-state index contributed by atoms with van der Waals surface area (Å²) in [5.41, 5.74) is 1.38. The normalized spacial score (nSPS) is 31.2. The lowest BCUT2D eigenvalue weighted by atomic mass is 10.0. The van der Waals surface area contributed by atoms with Gasteiger partial charge in [0.05, 0.1) is 0 Å². The van der Waals surface area contributed by atoms with Crippen LogP contribution in [0, 0.1) is 0 Å². The fraction of sp³-hybridized carbons (Fsp3) is 0.857. The molecule has 1 N–H and O–H groups in total. The van der Waals surface area contributed by atoms with E-state index in [1.165, 1.54) is 11.3 Å². The monoisotopic (exact) mass is 273 g/mol. The van der Waals surface area contributed by atoms with Crippen molar-refractivity contribution in [2.24, 2.45) is 0 Å². The summed E-state index contributed by atoms with van der Waals surface area (Å²) in [5, 5.41) is 5.97. The summed E-state index contributed by atoms with van der Waals surface area (Å²) < 4.78 is 0. The third-order valence-electron chi connectivity index (χ3n) is 3.50. The van der Waals surface area contributed by atoms with Gasteiger partial charge in [-0.15, -0.1) is 0 Å². The fourth-order valence-corrected chi connectivity index (χ4v) is 5.20. The summed E-state index contributed by atoms with van der Waals surface area (Å²) in [6.45, 7) is 14.4. The second kappa shape index (κ2) is 7.75. The minimum atomic E-state index is 0.611. The Morgan fingerprint density at radius 3 is 2.59 bits per heavy atom. The molecular formula is C14H27NS2. The maximum absolute atomic E-state index is 4.17. The summed E-state index contributed by atoms with van der Waals surface area (Å²) in [6, 6.07) is 0.611. The van der Waals surface area contributed by atoms with Gasteiger partial charge in [0.25, 0.3) is 0 Å². The van der Waals surface area contributed by atoms with Crippen molar-refractivity contribution in [1.29, 1.82) is 0 Å². The van der Waals surface area contributed by atoms with Crippen molar-refractivity contribution in [3.8, 4) is 0 Å². The van der Waals surface area contributed by atoms with E-state index < -0.39 is 0 Å². The van der Waals surface area contributed by atoms with Crippen LogP contribution in [0.2, 0.25) is 0 Å². The molecule has 0 aliphatic carbocycles. The molecule has 3 heteroatoms. The molecule has 1 heterocycles. The fourth-order valence-electron chi connectivity index (χ4n) is 2.07. The third-order valence-corrected chi connectivity index (χ3v) is 7.05. The first kappa shape index (κ1) is 15.5. The average molecular weight is 274 g/mol. The maximum Gasteiger partial charge on any atom is 0.0298 e. The molecule has 4 unspecified atom stereocenters. The van der Waals surface area contributed by atoms with Gasteiger partial charge in [0.2, 0.25) is 0 Å². The van der Waals surface area contributed by atoms with Crippen molar-refractivity contribution < 1.29 is 0 Å². The molecule has 100 valence electrons. The van der Waals surface area contributed by atoms with Crippen LogP contribution in [0.4, 0.5) is 0 Å². The highest BCUT2D eigenvalue weighted by molar-refractivity contribution is 8.07. The van der Waals surface area contributed by atoms with Gasteiger partial charge in [-0.25, -0.2) is 0 Å². The summed E-state index contributed by atoms with van der Waals surface area (Å²) in [6.07, 6.45) is 2.25. The summed E-state index contributed by atoms with van der Waals surface area (Å²) in [4.78, 5) is 0. The zero-order valence-electron chi connectivity index (χ0n) is 11.7. The molecule has 17 heavy (non-hydrogen) atoms. The van der Waals surface area contributed by atoms with E-state index in [1.807, 2.05) is 0 Å². The van der Waals surface area contributed by atoms with Gasteiger partial charge in [0.1, 0.15) is 0 Å². The molecule has 1 saturated heterocycles. The van der Waals surface area contributed by atoms with Gasteiger partial charge < -0.3 is 5.32 Å². The molecule has 0 aromatic heterocycles. The van der Waals surface area contributed by atoms with Gasteiger partial charge in [-0.1, -0.05) is 39.8 Å². The van der Waals surface area contributed by atoms with Crippen molar-refractivity contribution in [1.82, 2.24) is 5.32 Å². The van der Waals surface area contributed by atoms with Crippen LogP contribution in [0.25, 0.3) is 0 Å². The molecule has 4 atom stereocenters. The van der Waals surface area contributed by atoms with Crippen LogP contribution >= 0.6 is 23.5 Å². The third kappa shape index (κ3) is 4.88. The lowest BCUT2D eigenvalue weighted by molar-refractivity contribution is 0.514. The minimum Gasteiger partial charge on any atom is -0.313 e. The van der Waals surface area contributed by atoms with Crippen LogP contribution < -0.4 is 5.32 Å². The highest BCUT2D eigenvalue weighted by Crippen LogP contribution is 2.38. The molecule has 1 aliphatic rings. The van der Waals surface area contributed by atoms with E-state index in [2.05, 4.69) is 63.1 Å². The van der Waals surface area contributed by atoms with Gasteiger partial charge in [0.15, 0.2) is 0 Å². The standard InChI is InChI=1S/C14H27NS2/c1-6-10(3)8-13(15-7-2)14-9-16-11(4)12(5)17-14/h11-15H,3,6-9H2,1-2,4-5H3. The lowest BCUT2D eigenvalue weighted by Crippen LogP contribution is -2.43. The molecule has 1 rings (SSSR count). The van der Waals surface area contributed by atoms with Crippen molar-refractivity contribution >= 4 is 23.5 Å². The van der Waals surface area contributed by atoms with Crippen molar-refractivity contribution in [3.63, 3.8) is 0 Å². The van der Waals surface area contributed by atoms with Crippen LogP contribution in [0.15, 0.2) is 12.2 Å². The van der Waals surface area contributed by atoms with Crippen LogP contribution in [0.1, 0.15) is 40.5 Å². The van der Waals surface area contributed by atoms with E-state index in [0.717, 1.165) is 35.1 Å². The second-order valence-electron chi connectivity index (χ2n) is 4.89. The van der Waals surface area contributed by atoms with Gasteiger partial charge in [-0.05, 0) is 19.4 Å². The Morgan fingerprint density at radius 1 is 1.35 bits per heavy atom. The van der Waals surface area contributed by atoms with Crippen LogP contribution in [0.5, 0.6) is 0 Å². The maximum atomic E-state index is 4.17. The lowest BCUT2D eigenvalue weighted by Gasteiger charge is -2.36. The molecule has 0 saturated carbocycles. The van der Waals surface area contributed by atoms with Gasteiger partial charge >= 0.3 is 0 Å². The molecule has 0 aromatic rings. The number of thioether (sulfide) groups is 2. The van der Waals surface area contributed by atoms with Crippen LogP contribution in [0.3, 0.4) is 0 Å². The summed E-state index contributed by atoms with van der Waals surface area (Å²) in [5.74, 6) is 1.28. The van der Waals surface area contributed by atoms with E-state index in [4.69, 9.17) is 0 Å². The van der Waals surface area contributed by atoms with Crippen molar-refractivity contribution in [3.05, 3.63) is 12.2 Å². The number of nitrogens with one attached hydrogen (secondary N) is 1. The Balaban J connectivity index is 2.54. The van der Waals surface area contributed by atoms with E-state index in [1.54, 1.807) is 0 Å². The van der Waals surface area contributed by atoms with E-state index in [9.17, 15) is 0 Å². The molecule has 1 fully saturated rings. The Labute approximate surface area is 116 Å². The molecule has 1 aliphatic heterocycles. The van der Waals surface area contributed by atoms with E-state index >= 15 is 0 Å². The Kier molecular flexibility index (Phi) is 7.05. The SMILES string of the molecule is C=C(CC)CC(NCC)C1CSC(C)C(C)S1. The minimum absolute atomic E-state index is 0.611. The summed E-state index contributed by atoms with van der Waals surface area (Å²) >= 11 is 4.30. The number of hydrogen-bond acceptors (Lipinski definition) is 3. The topological polar surface area (TPSA) is 12.0 Å². The van der Waals surface area contributed by atoms with E-state index in [0.29, 0.717) is 6.04 Å². The van der Waals surface area contributed by atoms with E-state index in [-0.39, 0.29) is 0 Å². The smallest absolute Gasteiger partial charge is 0.0298 e. The molecule has 0 bridgehead atoms. The van der Waals surface area contributed by atoms with Crippen LogP contribution in [-0.4, -0.2) is 34.1 Å². The molecule has 0 radical (unpaired) electrons. The zero-order chi connectivity index (χ0) is 12.8. The highest BCUT2D eigenvalue weighted by atomic mass is 32.2. The Bertz CT molecular complexity index is 242. The average Bonchev–Trinajstić information content (AvgIpc) is 2.32. The second-order valence-corrected chi connectivity index (χ2v) is 7.92. The first-order valence-corrected chi connectivity index (χ1v) is 8.74. The quantitative estimate of drug-likeness (QED) is 0.736. The largest absolute Gasteiger partial charge is 0.313 e. The first-order chi connectivity index (χ1) is 8.08. The molecule has 0 aromatic carbocycles. The molecular weight excluding hydrogens is 246 g/mol. The van der Waals surface area contributed by atoms with Crippen molar-refractivity contribution in [2.75, 3.05) is 12.3 Å². The number of hydrogen-bond donors (Lipinski definition) is 1. The van der Waals surface area contributed by atoms with Gasteiger partial charge in [0, 0.05) is 27.5 Å². The van der Waals surface area contributed by atoms with Gasteiger partial charge in [-0.3, -0.25) is 0 Å². The molecule has 0 amide bonds. The first-order valence-electron chi connectivity index (χ1n) is 6.75. The predicted molar refractivity (Wildman–Crippen MR) is 84.3 cm³/mol. The highest BCUT2D eigenvalue weighted by Gasteiger charge is 2.30. The van der Waals surface area contributed by atoms with Gasteiger partial charge in [-0.2, -0.15) is 23.5 Å². The molecule has 0 spiro atoms. The number of rotatable bonds is 6. The predicted octanol–water partition coefficient (Wildman–Crippen LogP) is 3.95. The molecule has 1 nitrogen and oxygen atoms in total.